The van der Waals surface area contributed by atoms with Crippen LogP contribution in [0.4, 0.5) is 16.8 Å². The van der Waals surface area contributed by atoms with Crippen molar-refractivity contribution in [1.29, 1.82) is 0 Å². The van der Waals surface area contributed by atoms with E-state index in [1.165, 1.54) is 0 Å². The zero-order valence-electron chi connectivity index (χ0n) is 16.3. The highest BCUT2D eigenvalue weighted by atomic mass is 32.1. The average Bonchev–Trinajstić information content (AvgIpc) is 3.19. The van der Waals surface area contributed by atoms with Gasteiger partial charge in [0.05, 0.1) is 10.6 Å². The van der Waals surface area contributed by atoms with E-state index in [4.69, 9.17) is 10.7 Å². The molecule has 3 aromatic heterocycles. The van der Waals surface area contributed by atoms with E-state index >= 15 is 0 Å². The van der Waals surface area contributed by atoms with Crippen LogP contribution in [-0.4, -0.2) is 33.9 Å². The first-order valence-electron chi connectivity index (χ1n) is 9.73. The van der Waals surface area contributed by atoms with E-state index in [1.54, 1.807) is 17.5 Å². The maximum atomic E-state index is 11.1. The Bertz CT molecular complexity index is 996. The van der Waals surface area contributed by atoms with Crippen molar-refractivity contribution in [1.82, 2.24) is 15.0 Å². The van der Waals surface area contributed by atoms with Gasteiger partial charge in [0.1, 0.15) is 11.6 Å². The number of hydrogen-bond acceptors (Lipinski definition) is 7. The Balaban J connectivity index is 1.44. The number of nitrogens with one attached hydrogen (secondary N) is 1. The number of pyridine rings is 2. The van der Waals surface area contributed by atoms with Gasteiger partial charge in [-0.2, -0.15) is 0 Å². The number of amides is 1. The molecule has 0 aliphatic carbocycles. The number of anilines is 3. The van der Waals surface area contributed by atoms with Crippen LogP contribution >= 0.6 is 11.3 Å². The first kappa shape index (κ1) is 19.3. The largest absolute Gasteiger partial charge is 0.370 e. The van der Waals surface area contributed by atoms with Crippen LogP contribution in [0.15, 0.2) is 42.7 Å². The van der Waals surface area contributed by atoms with Gasteiger partial charge in [-0.3, -0.25) is 4.79 Å². The first-order chi connectivity index (χ1) is 14.1. The quantitative estimate of drug-likeness (QED) is 0.645. The second-order valence-corrected chi connectivity index (χ2v) is 8.37. The molecule has 0 unspecified atom stereocenters. The Hall–Kier alpha value is -3.00. The number of aromatic nitrogens is 3. The molecule has 0 bridgehead atoms. The summed E-state index contributed by atoms with van der Waals surface area (Å²) in [7, 11) is 0. The number of aryl methyl sites for hydroxylation is 1. The standard InChI is InChI=1S/C21H24N6OS/c1-14-5-8-23-20(11-14)26-19-4-2-3-16(25-19)17-13-24-21(29-17)27-9-6-15(7-10-27)12-18(22)28/h2-5,8,11,13,15H,6-7,9-10,12H2,1H3,(H2,22,28)(H,23,25,26). The lowest BCUT2D eigenvalue weighted by atomic mass is 9.94. The third-order valence-electron chi connectivity index (χ3n) is 5.04. The van der Waals surface area contributed by atoms with Crippen LogP contribution in [0.1, 0.15) is 24.8 Å². The Morgan fingerprint density at radius 1 is 1.24 bits per heavy atom. The minimum atomic E-state index is -0.208. The van der Waals surface area contributed by atoms with E-state index in [0.29, 0.717) is 12.3 Å². The minimum Gasteiger partial charge on any atom is -0.370 e. The molecule has 0 spiro atoms. The lowest BCUT2D eigenvalue weighted by Gasteiger charge is -2.31. The Morgan fingerprint density at radius 2 is 2.07 bits per heavy atom. The molecule has 3 N–H and O–H groups in total. The lowest BCUT2D eigenvalue weighted by molar-refractivity contribution is -0.119. The minimum absolute atomic E-state index is 0.208. The van der Waals surface area contributed by atoms with Crippen LogP contribution < -0.4 is 16.0 Å². The number of nitrogens with two attached hydrogens (primary N) is 1. The van der Waals surface area contributed by atoms with Gasteiger partial charge in [0.25, 0.3) is 0 Å². The summed E-state index contributed by atoms with van der Waals surface area (Å²) in [6.45, 7) is 3.84. The highest BCUT2D eigenvalue weighted by Crippen LogP contribution is 2.33. The predicted octanol–water partition coefficient (Wildman–Crippen LogP) is 3.74. The van der Waals surface area contributed by atoms with Crippen molar-refractivity contribution in [2.24, 2.45) is 11.7 Å². The van der Waals surface area contributed by atoms with Gasteiger partial charge in [-0.1, -0.05) is 17.4 Å². The summed E-state index contributed by atoms with van der Waals surface area (Å²) >= 11 is 1.64. The number of primary amides is 1. The normalized spacial score (nSPS) is 14.7. The molecule has 0 aromatic carbocycles. The zero-order chi connectivity index (χ0) is 20.2. The number of thiazole rings is 1. The molecule has 8 heteroatoms. The summed E-state index contributed by atoms with van der Waals surface area (Å²) in [6, 6.07) is 9.85. The number of carbonyl (C=O) groups is 1. The summed E-state index contributed by atoms with van der Waals surface area (Å²) < 4.78 is 0. The first-order valence-corrected chi connectivity index (χ1v) is 10.5. The van der Waals surface area contributed by atoms with Gasteiger partial charge in [0.2, 0.25) is 5.91 Å². The molecule has 0 radical (unpaired) electrons. The fourth-order valence-corrected chi connectivity index (χ4v) is 4.46. The van der Waals surface area contributed by atoms with Crippen LogP contribution in [0.5, 0.6) is 0 Å². The third kappa shape index (κ3) is 4.89. The Morgan fingerprint density at radius 3 is 2.83 bits per heavy atom. The highest BCUT2D eigenvalue weighted by molar-refractivity contribution is 7.18. The monoisotopic (exact) mass is 408 g/mol. The smallest absolute Gasteiger partial charge is 0.217 e. The summed E-state index contributed by atoms with van der Waals surface area (Å²) in [6.07, 6.45) is 6.09. The van der Waals surface area contributed by atoms with Crippen molar-refractivity contribution in [2.75, 3.05) is 23.3 Å². The second kappa shape index (κ2) is 8.57. The number of carbonyl (C=O) groups excluding carboxylic acids is 1. The van der Waals surface area contributed by atoms with Crippen molar-refractivity contribution in [3.8, 4) is 10.6 Å². The van der Waals surface area contributed by atoms with Crippen LogP contribution in [0.3, 0.4) is 0 Å². The van der Waals surface area contributed by atoms with E-state index in [0.717, 1.165) is 58.8 Å². The molecule has 150 valence electrons. The molecule has 0 atom stereocenters. The molecule has 4 heterocycles. The number of piperidine rings is 1. The van der Waals surface area contributed by atoms with Crippen LogP contribution in [0.25, 0.3) is 10.6 Å². The van der Waals surface area contributed by atoms with Crippen molar-refractivity contribution in [3.05, 3.63) is 48.3 Å². The summed E-state index contributed by atoms with van der Waals surface area (Å²) in [5.41, 5.74) is 7.35. The van der Waals surface area contributed by atoms with Crippen molar-refractivity contribution >= 4 is 34.0 Å². The maximum absolute atomic E-state index is 11.1. The molecule has 0 saturated carbocycles. The van der Waals surface area contributed by atoms with Gasteiger partial charge in [0, 0.05) is 31.9 Å². The molecule has 4 rings (SSSR count). The summed E-state index contributed by atoms with van der Waals surface area (Å²) in [5.74, 6) is 1.71. The third-order valence-corrected chi connectivity index (χ3v) is 6.12. The topological polar surface area (TPSA) is 97.0 Å². The Labute approximate surface area is 174 Å². The predicted molar refractivity (Wildman–Crippen MR) is 116 cm³/mol. The van der Waals surface area contributed by atoms with E-state index in [-0.39, 0.29) is 5.91 Å². The summed E-state index contributed by atoms with van der Waals surface area (Å²) in [5, 5.41) is 4.26. The molecule has 3 aromatic rings. The van der Waals surface area contributed by atoms with E-state index in [2.05, 4.69) is 20.2 Å². The molecular weight excluding hydrogens is 384 g/mol. The van der Waals surface area contributed by atoms with Gasteiger partial charge in [-0.15, -0.1) is 0 Å². The Kier molecular flexibility index (Phi) is 5.71. The van der Waals surface area contributed by atoms with Gasteiger partial charge in [0.15, 0.2) is 5.13 Å². The molecule has 1 fully saturated rings. The number of nitrogens with zero attached hydrogens (tertiary/aromatic N) is 4. The maximum Gasteiger partial charge on any atom is 0.217 e. The molecule has 1 saturated heterocycles. The molecule has 29 heavy (non-hydrogen) atoms. The van der Waals surface area contributed by atoms with Gasteiger partial charge < -0.3 is 16.0 Å². The van der Waals surface area contributed by atoms with Gasteiger partial charge >= 0.3 is 0 Å². The molecule has 1 aliphatic heterocycles. The van der Waals surface area contributed by atoms with Crippen LogP contribution in [-0.2, 0) is 4.79 Å². The van der Waals surface area contributed by atoms with E-state index in [9.17, 15) is 4.79 Å². The van der Waals surface area contributed by atoms with E-state index < -0.39 is 0 Å². The van der Waals surface area contributed by atoms with Crippen LogP contribution in [0.2, 0.25) is 0 Å². The second-order valence-electron chi connectivity index (χ2n) is 7.36. The van der Waals surface area contributed by atoms with E-state index in [1.807, 2.05) is 43.5 Å². The fourth-order valence-electron chi connectivity index (χ4n) is 3.52. The van der Waals surface area contributed by atoms with Gasteiger partial charge in [-0.25, -0.2) is 15.0 Å². The molecule has 1 amide bonds. The van der Waals surface area contributed by atoms with Crippen LogP contribution in [0, 0.1) is 12.8 Å². The van der Waals surface area contributed by atoms with Crippen molar-refractivity contribution in [2.45, 2.75) is 26.2 Å². The van der Waals surface area contributed by atoms with Gasteiger partial charge in [-0.05, 0) is 55.5 Å². The SMILES string of the molecule is Cc1ccnc(Nc2cccc(-c3cnc(N4CCC(CC(N)=O)CC4)s3)n2)c1. The highest BCUT2D eigenvalue weighted by Gasteiger charge is 2.22. The lowest BCUT2D eigenvalue weighted by Crippen LogP contribution is -2.34. The molecule has 1 aliphatic rings. The zero-order valence-corrected chi connectivity index (χ0v) is 17.2. The molecule has 7 nitrogen and oxygen atoms in total. The van der Waals surface area contributed by atoms with Crippen molar-refractivity contribution in [3.63, 3.8) is 0 Å². The average molecular weight is 409 g/mol. The summed E-state index contributed by atoms with van der Waals surface area (Å²) in [4.78, 5) is 28.1. The molecular formula is C21H24N6OS. The fraction of sp³-hybridized carbons (Fsp3) is 0.333. The number of rotatable bonds is 6. The number of hydrogen-bond donors (Lipinski definition) is 2. The van der Waals surface area contributed by atoms with Crippen molar-refractivity contribution < 1.29 is 4.79 Å².